The van der Waals surface area contributed by atoms with Gasteiger partial charge in [0.1, 0.15) is 16.9 Å². The summed E-state index contributed by atoms with van der Waals surface area (Å²) >= 11 is 0. The molecule has 0 aliphatic carbocycles. The number of carbonyl (C=O) groups excluding carboxylic acids is 2. The molecule has 1 aliphatic rings. The molecule has 1 amide bonds. The Morgan fingerprint density at radius 3 is 2.50 bits per heavy atom. The SMILES string of the molecule is Cc1cc2c(F)cc(N(C)C(=O)c3ccc(N4CCC(C(=O)OC(C)(C)C)CC4)c4cn(C)nc34)cn2c1. The standard InChI is InChI=1S/C29H34FN5O3/c1-18-13-25-23(30)14-20(16-35(25)15-18)33(6)27(36)21-7-8-24(22-17-32(5)31-26(21)22)34-11-9-19(10-12-34)28(37)38-29(2,3)4/h7-8,13-17,19H,9-12H2,1-6H3. The lowest BCUT2D eigenvalue weighted by Crippen LogP contribution is -2.39. The highest BCUT2D eigenvalue weighted by Gasteiger charge is 2.30. The first-order valence-corrected chi connectivity index (χ1v) is 12.9. The maximum atomic E-state index is 14.8. The van der Waals surface area contributed by atoms with Crippen molar-refractivity contribution in [2.75, 3.05) is 29.9 Å². The van der Waals surface area contributed by atoms with Crippen LogP contribution < -0.4 is 9.80 Å². The van der Waals surface area contributed by atoms with Gasteiger partial charge in [-0.15, -0.1) is 0 Å². The molecule has 0 spiro atoms. The Labute approximate surface area is 221 Å². The van der Waals surface area contributed by atoms with Gasteiger partial charge in [-0.05, 0) is 64.3 Å². The summed E-state index contributed by atoms with van der Waals surface area (Å²) in [5.41, 5.74) is 3.38. The van der Waals surface area contributed by atoms with Crippen LogP contribution in [0.15, 0.2) is 42.9 Å². The van der Waals surface area contributed by atoms with Gasteiger partial charge >= 0.3 is 5.97 Å². The van der Waals surface area contributed by atoms with Crippen LogP contribution in [-0.4, -0.2) is 51.8 Å². The highest BCUT2D eigenvalue weighted by atomic mass is 19.1. The van der Waals surface area contributed by atoms with Gasteiger partial charge in [-0.1, -0.05) is 0 Å². The fraction of sp³-hybridized carbons (Fsp3) is 0.414. The number of aryl methyl sites for hydroxylation is 2. The second kappa shape index (κ2) is 9.45. The zero-order valence-corrected chi connectivity index (χ0v) is 22.8. The first kappa shape index (κ1) is 25.8. The Hall–Kier alpha value is -3.88. The minimum atomic E-state index is -0.496. The zero-order chi connectivity index (χ0) is 27.4. The predicted octanol–water partition coefficient (Wildman–Crippen LogP) is 5.11. The minimum Gasteiger partial charge on any atom is -0.460 e. The van der Waals surface area contributed by atoms with Gasteiger partial charge in [0.25, 0.3) is 5.91 Å². The molecule has 8 nitrogen and oxygen atoms in total. The van der Waals surface area contributed by atoms with Crippen LogP contribution in [0.2, 0.25) is 0 Å². The largest absolute Gasteiger partial charge is 0.460 e. The topological polar surface area (TPSA) is 72.1 Å². The number of hydrogen-bond donors (Lipinski definition) is 0. The fourth-order valence-corrected chi connectivity index (χ4v) is 5.18. The van der Waals surface area contributed by atoms with Crippen molar-refractivity contribution in [3.8, 4) is 0 Å². The van der Waals surface area contributed by atoms with Gasteiger partial charge in [-0.2, -0.15) is 5.10 Å². The summed E-state index contributed by atoms with van der Waals surface area (Å²) in [7, 11) is 3.47. The van der Waals surface area contributed by atoms with Crippen molar-refractivity contribution in [2.45, 2.75) is 46.1 Å². The Kier molecular flexibility index (Phi) is 6.41. The molecule has 3 aromatic heterocycles. The van der Waals surface area contributed by atoms with E-state index in [9.17, 15) is 14.0 Å². The maximum absolute atomic E-state index is 14.8. The molecule has 1 fully saturated rings. The number of pyridine rings is 1. The molecule has 0 N–H and O–H groups in total. The van der Waals surface area contributed by atoms with E-state index in [2.05, 4.69) is 10.00 Å². The van der Waals surface area contributed by atoms with Crippen molar-refractivity contribution in [1.29, 1.82) is 0 Å². The van der Waals surface area contributed by atoms with Crippen molar-refractivity contribution in [3.63, 3.8) is 0 Å². The van der Waals surface area contributed by atoms with Crippen LogP contribution in [0, 0.1) is 18.7 Å². The van der Waals surface area contributed by atoms with Crippen LogP contribution in [-0.2, 0) is 16.6 Å². The van der Waals surface area contributed by atoms with E-state index in [-0.39, 0.29) is 23.6 Å². The lowest BCUT2D eigenvalue weighted by molar-refractivity contribution is -0.160. The molecule has 200 valence electrons. The minimum absolute atomic E-state index is 0.119. The number of benzene rings is 1. The second-order valence-corrected chi connectivity index (χ2v) is 11.2. The average Bonchev–Trinajstić information content (AvgIpc) is 3.43. The molecule has 0 saturated carbocycles. The number of nitrogens with zero attached hydrogens (tertiary/aromatic N) is 5. The van der Waals surface area contributed by atoms with Gasteiger partial charge in [-0.25, -0.2) is 4.39 Å². The van der Waals surface area contributed by atoms with E-state index in [1.807, 2.05) is 53.2 Å². The van der Waals surface area contributed by atoms with Gasteiger partial charge < -0.3 is 18.9 Å². The van der Waals surface area contributed by atoms with Crippen molar-refractivity contribution in [3.05, 3.63) is 59.8 Å². The molecule has 1 aromatic carbocycles. The Balaban J connectivity index is 1.40. The molecule has 1 saturated heterocycles. The number of esters is 1. The monoisotopic (exact) mass is 519 g/mol. The molecule has 38 heavy (non-hydrogen) atoms. The number of amides is 1. The van der Waals surface area contributed by atoms with Crippen LogP contribution in [0.5, 0.6) is 0 Å². The second-order valence-electron chi connectivity index (χ2n) is 11.2. The Morgan fingerprint density at radius 1 is 1.11 bits per heavy atom. The number of halogens is 1. The third-order valence-electron chi connectivity index (χ3n) is 7.04. The molecule has 4 heterocycles. The van der Waals surface area contributed by atoms with E-state index in [0.717, 1.165) is 16.6 Å². The van der Waals surface area contributed by atoms with E-state index in [1.165, 1.54) is 11.0 Å². The van der Waals surface area contributed by atoms with Crippen LogP contribution >= 0.6 is 0 Å². The van der Waals surface area contributed by atoms with E-state index in [0.29, 0.717) is 48.2 Å². The highest BCUT2D eigenvalue weighted by molar-refractivity contribution is 6.14. The number of ether oxygens (including phenoxy) is 1. The molecule has 0 unspecified atom stereocenters. The summed E-state index contributed by atoms with van der Waals surface area (Å²) in [4.78, 5) is 29.9. The van der Waals surface area contributed by atoms with Crippen molar-refractivity contribution >= 4 is 39.7 Å². The van der Waals surface area contributed by atoms with E-state index >= 15 is 0 Å². The summed E-state index contributed by atoms with van der Waals surface area (Å²) in [5.74, 6) is -0.918. The van der Waals surface area contributed by atoms with Crippen LogP contribution in [0.4, 0.5) is 15.8 Å². The summed E-state index contributed by atoms with van der Waals surface area (Å²) in [6.07, 6.45) is 6.90. The number of rotatable bonds is 4. The van der Waals surface area contributed by atoms with Crippen molar-refractivity contribution < 1.29 is 18.7 Å². The molecule has 4 aromatic rings. The van der Waals surface area contributed by atoms with Crippen LogP contribution in [0.25, 0.3) is 16.4 Å². The van der Waals surface area contributed by atoms with Crippen molar-refractivity contribution in [1.82, 2.24) is 14.2 Å². The molecular formula is C29H34FN5O3. The normalized spacial score (nSPS) is 14.9. The lowest BCUT2D eigenvalue weighted by Gasteiger charge is -2.34. The van der Waals surface area contributed by atoms with Gasteiger partial charge in [0.15, 0.2) is 0 Å². The van der Waals surface area contributed by atoms with Gasteiger partial charge in [0.05, 0.1) is 22.7 Å². The third kappa shape index (κ3) is 4.85. The highest BCUT2D eigenvalue weighted by Crippen LogP contribution is 2.33. The number of aromatic nitrogens is 3. The summed E-state index contributed by atoms with van der Waals surface area (Å²) in [5, 5.41) is 5.48. The number of anilines is 2. The first-order chi connectivity index (χ1) is 17.9. The Bertz CT molecular complexity index is 1540. The summed E-state index contributed by atoms with van der Waals surface area (Å²) < 4.78 is 23.7. The molecule has 0 radical (unpaired) electrons. The molecular weight excluding hydrogens is 485 g/mol. The van der Waals surface area contributed by atoms with Gasteiger partial charge in [0.2, 0.25) is 0 Å². The first-order valence-electron chi connectivity index (χ1n) is 12.9. The van der Waals surface area contributed by atoms with Crippen LogP contribution in [0.1, 0.15) is 49.5 Å². The van der Waals surface area contributed by atoms with E-state index < -0.39 is 5.60 Å². The third-order valence-corrected chi connectivity index (χ3v) is 7.04. The number of piperidine rings is 1. The fourth-order valence-electron chi connectivity index (χ4n) is 5.18. The lowest BCUT2D eigenvalue weighted by atomic mass is 9.95. The van der Waals surface area contributed by atoms with Crippen LogP contribution in [0.3, 0.4) is 0 Å². The number of fused-ring (bicyclic) bond motifs is 2. The summed E-state index contributed by atoms with van der Waals surface area (Å²) in [6.45, 7) is 8.97. The number of hydrogen-bond acceptors (Lipinski definition) is 5. The van der Waals surface area contributed by atoms with Gasteiger partial charge in [-0.3, -0.25) is 14.3 Å². The Morgan fingerprint density at radius 2 is 1.82 bits per heavy atom. The predicted molar refractivity (Wildman–Crippen MR) is 146 cm³/mol. The smallest absolute Gasteiger partial charge is 0.309 e. The van der Waals surface area contributed by atoms with Crippen molar-refractivity contribution in [2.24, 2.45) is 13.0 Å². The maximum Gasteiger partial charge on any atom is 0.309 e. The quantitative estimate of drug-likeness (QED) is 0.351. The average molecular weight is 520 g/mol. The summed E-state index contributed by atoms with van der Waals surface area (Å²) in [6, 6.07) is 6.88. The van der Waals surface area contributed by atoms with E-state index in [1.54, 1.807) is 34.5 Å². The van der Waals surface area contributed by atoms with Gasteiger partial charge in [0, 0.05) is 62.9 Å². The molecule has 0 bridgehead atoms. The molecule has 5 rings (SSSR count). The number of carbonyl (C=O) groups is 2. The van der Waals surface area contributed by atoms with E-state index in [4.69, 9.17) is 4.74 Å². The zero-order valence-electron chi connectivity index (χ0n) is 22.8. The molecule has 1 aliphatic heterocycles. The molecule has 9 heteroatoms. The molecule has 0 atom stereocenters.